The van der Waals surface area contributed by atoms with Crippen molar-refractivity contribution in [2.45, 2.75) is 65.7 Å². The van der Waals surface area contributed by atoms with E-state index in [4.69, 9.17) is 0 Å². The molecule has 0 aliphatic carbocycles. The van der Waals surface area contributed by atoms with Crippen LogP contribution in [0.4, 0.5) is 0 Å². The molecule has 0 amide bonds. The van der Waals surface area contributed by atoms with E-state index in [9.17, 15) is 0 Å². The fourth-order valence-electron chi connectivity index (χ4n) is 4.07. The molecule has 28 heavy (non-hydrogen) atoms. The van der Waals surface area contributed by atoms with Crippen LogP contribution in [0, 0.1) is 0 Å². The van der Waals surface area contributed by atoms with Gasteiger partial charge in [-0.05, 0) is 51.0 Å². The molecule has 4 heteroatoms. The summed E-state index contributed by atoms with van der Waals surface area (Å²) in [6.07, 6.45) is 6.87. The molecule has 0 N–H and O–H groups in total. The molecule has 0 saturated heterocycles. The Morgan fingerprint density at radius 1 is 0.679 bits per heavy atom. The molecule has 0 bridgehead atoms. The summed E-state index contributed by atoms with van der Waals surface area (Å²) in [4.78, 5) is 0. The zero-order chi connectivity index (χ0) is 19.7. The van der Waals surface area contributed by atoms with Crippen LogP contribution in [-0.2, 0) is 13.1 Å². The number of aryl methyl sites for hydroxylation is 2. The van der Waals surface area contributed by atoms with Crippen LogP contribution in [0.15, 0.2) is 61.2 Å². The molecule has 2 aromatic heterocycles. The smallest absolute Gasteiger partial charge is 0.227 e. The van der Waals surface area contributed by atoms with Crippen molar-refractivity contribution < 1.29 is 9.13 Å². The van der Waals surface area contributed by atoms with Crippen LogP contribution < -0.4 is 9.13 Å². The van der Waals surface area contributed by atoms with E-state index < -0.39 is 0 Å². The number of rotatable bonds is 7. The van der Waals surface area contributed by atoms with Crippen LogP contribution >= 0.6 is 0 Å². The third kappa shape index (κ3) is 3.21. The van der Waals surface area contributed by atoms with E-state index in [-0.39, 0.29) is 0 Å². The summed E-state index contributed by atoms with van der Waals surface area (Å²) in [5.74, 6) is 0. The van der Waals surface area contributed by atoms with Crippen molar-refractivity contribution in [3.63, 3.8) is 0 Å². The lowest BCUT2D eigenvalue weighted by molar-refractivity contribution is -0.755. The number of para-hydroxylation sites is 4. The lowest BCUT2D eigenvalue weighted by atomic mass is 10.2. The van der Waals surface area contributed by atoms with Crippen LogP contribution in [0.1, 0.15) is 52.6 Å². The van der Waals surface area contributed by atoms with Gasteiger partial charge in [0.15, 0.2) is 22.1 Å². The highest BCUT2D eigenvalue weighted by Gasteiger charge is 2.22. The second-order valence-corrected chi connectivity index (χ2v) is 7.92. The zero-order valence-electron chi connectivity index (χ0n) is 17.5. The summed E-state index contributed by atoms with van der Waals surface area (Å²) in [6, 6.07) is 18.5. The van der Waals surface area contributed by atoms with E-state index in [1.165, 1.54) is 22.1 Å². The monoisotopic (exact) mass is 376 g/mol. The molecule has 146 valence electrons. The first-order valence-electron chi connectivity index (χ1n) is 10.6. The Balaban J connectivity index is 1.69. The first kappa shape index (κ1) is 18.7. The van der Waals surface area contributed by atoms with Crippen LogP contribution in [0.5, 0.6) is 0 Å². The predicted octanol–water partition coefficient (Wildman–Crippen LogP) is 4.81. The highest BCUT2D eigenvalue weighted by atomic mass is 15.2. The van der Waals surface area contributed by atoms with E-state index in [1.807, 2.05) is 0 Å². The average Bonchev–Trinajstić information content (AvgIpc) is 3.30. The maximum atomic E-state index is 2.42. The minimum absolute atomic E-state index is 0.506. The van der Waals surface area contributed by atoms with E-state index in [0.29, 0.717) is 12.1 Å². The number of imidazole rings is 2. The minimum Gasteiger partial charge on any atom is -0.227 e. The first-order valence-corrected chi connectivity index (χ1v) is 10.6. The number of benzene rings is 2. The molecule has 2 atom stereocenters. The summed E-state index contributed by atoms with van der Waals surface area (Å²) in [5, 5.41) is 0. The Bertz CT molecular complexity index is 1000. The second kappa shape index (κ2) is 7.78. The van der Waals surface area contributed by atoms with Gasteiger partial charge in [-0.15, -0.1) is 0 Å². The van der Waals surface area contributed by atoms with Gasteiger partial charge in [0.1, 0.15) is 13.1 Å². The largest absolute Gasteiger partial charge is 0.245 e. The lowest BCUT2D eigenvalue weighted by Gasteiger charge is -2.04. The number of aromatic nitrogens is 4. The Morgan fingerprint density at radius 3 is 1.46 bits per heavy atom. The molecule has 2 unspecified atom stereocenters. The van der Waals surface area contributed by atoms with Gasteiger partial charge in [0, 0.05) is 0 Å². The quantitative estimate of drug-likeness (QED) is 0.412. The Hall–Kier alpha value is -2.62. The Kier molecular flexibility index (Phi) is 5.21. The van der Waals surface area contributed by atoms with Crippen molar-refractivity contribution in [1.29, 1.82) is 0 Å². The van der Waals surface area contributed by atoms with Gasteiger partial charge >= 0.3 is 0 Å². The van der Waals surface area contributed by atoms with Gasteiger partial charge in [-0.1, -0.05) is 38.1 Å². The van der Waals surface area contributed by atoms with Crippen molar-refractivity contribution in [2.75, 3.05) is 0 Å². The maximum absolute atomic E-state index is 2.42. The summed E-state index contributed by atoms with van der Waals surface area (Å²) < 4.78 is 9.65. The van der Waals surface area contributed by atoms with E-state index >= 15 is 0 Å². The molecule has 0 spiro atoms. The Labute approximate surface area is 167 Å². The zero-order valence-corrected chi connectivity index (χ0v) is 17.5. The summed E-state index contributed by atoms with van der Waals surface area (Å²) in [7, 11) is 0. The fourth-order valence-corrected chi connectivity index (χ4v) is 4.07. The summed E-state index contributed by atoms with van der Waals surface area (Å²) in [6.45, 7) is 11.0. The SMILES string of the molecule is CCC(C)n1c[n+](CC[n+]2cn(C(C)CC)c3ccccc32)c2ccccc21. The first-order chi connectivity index (χ1) is 13.6. The van der Waals surface area contributed by atoms with Gasteiger partial charge < -0.3 is 0 Å². The van der Waals surface area contributed by atoms with Crippen LogP contribution in [0.25, 0.3) is 22.1 Å². The second-order valence-electron chi connectivity index (χ2n) is 7.92. The molecule has 0 saturated carbocycles. The Morgan fingerprint density at radius 2 is 1.07 bits per heavy atom. The minimum atomic E-state index is 0.506. The van der Waals surface area contributed by atoms with E-state index in [0.717, 1.165) is 25.9 Å². The molecule has 4 nitrogen and oxygen atoms in total. The molecule has 4 aromatic rings. The number of nitrogens with zero attached hydrogens (tertiary/aromatic N) is 4. The van der Waals surface area contributed by atoms with Gasteiger partial charge in [-0.2, -0.15) is 0 Å². The topological polar surface area (TPSA) is 17.6 Å². The van der Waals surface area contributed by atoms with Gasteiger partial charge in [-0.3, -0.25) is 0 Å². The molecular weight excluding hydrogens is 344 g/mol. The molecular formula is C24H32N4+2. The highest BCUT2D eigenvalue weighted by Crippen LogP contribution is 2.19. The van der Waals surface area contributed by atoms with Crippen LogP contribution in [0.3, 0.4) is 0 Å². The number of hydrogen-bond acceptors (Lipinski definition) is 0. The fraction of sp³-hybridized carbons (Fsp3) is 0.417. The summed E-state index contributed by atoms with van der Waals surface area (Å²) in [5.41, 5.74) is 5.27. The maximum Gasteiger partial charge on any atom is 0.245 e. The third-order valence-corrected chi connectivity index (χ3v) is 6.18. The molecule has 0 radical (unpaired) electrons. The van der Waals surface area contributed by atoms with Crippen molar-refractivity contribution in [2.24, 2.45) is 0 Å². The van der Waals surface area contributed by atoms with Gasteiger partial charge in [-0.25, -0.2) is 18.3 Å². The van der Waals surface area contributed by atoms with Crippen LogP contribution in [0.2, 0.25) is 0 Å². The predicted molar refractivity (Wildman–Crippen MR) is 114 cm³/mol. The van der Waals surface area contributed by atoms with Crippen molar-refractivity contribution >= 4 is 22.1 Å². The average molecular weight is 377 g/mol. The molecule has 4 rings (SSSR count). The van der Waals surface area contributed by atoms with Gasteiger partial charge in [0.25, 0.3) is 0 Å². The highest BCUT2D eigenvalue weighted by molar-refractivity contribution is 5.72. The molecule has 0 fully saturated rings. The van der Waals surface area contributed by atoms with E-state index in [1.54, 1.807) is 0 Å². The number of fused-ring (bicyclic) bond motifs is 2. The van der Waals surface area contributed by atoms with Crippen LogP contribution in [-0.4, -0.2) is 9.13 Å². The van der Waals surface area contributed by atoms with Crippen molar-refractivity contribution in [1.82, 2.24) is 9.13 Å². The molecule has 2 heterocycles. The molecule has 0 aliphatic rings. The molecule has 2 aromatic carbocycles. The number of hydrogen-bond donors (Lipinski definition) is 0. The van der Waals surface area contributed by atoms with Crippen molar-refractivity contribution in [3.8, 4) is 0 Å². The van der Waals surface area contributed by atoms with Gasteiger partial charge in [0.05, 0.1) is 12.1 Å². The third-order valence-electron chi connectivity index (χ3n) is 6.18. The van der Waals surface area contributed by atoms with Gasteiger partial charge in [0.2, 0.25) is 12.7 Å². The van der Waals surface area contributed by atoms with E-state index in [2.05, 4.69) is 107 Å². The normalized spacial score (nSPS) is 14.0. The summed E-state index contributed by atoms with van der Waals surface area (Å²) >= 11 is 0. The van der Waals surface area contributed by atoms with Crippen molar-refractivity contribution in [3.05, 3.63) is 61.2 Å². The standard InChI is InChI=1S/C24H32N4/c1-5-19(3)27-17-25(21-11-7-9-13-23(21)27)15-16-26-18-28(20(4)6-2)24-14-10-8-12-22(24)26/h7-14,17-20H,5-6,15-16H2,1-4H3/q+2. The lowest BCUT2D eigenvalue weighted by Crippen LogP contribution is -2.43. The molecule has 0 aliphatic heterocycles.